The number of hydrogen-bond donors (Lipinski definition) is 1. The summed E-state index contributed by atoms with van der Waals surface area (Å²) in [6.07, 6.45) is 2.03. The topological polar surface area (TPSA) is 57.6 Å². The Kier molecular flexibility index (Phi) is 4.93. The molecule has 0 bridgehead atoms. The van der Waals surface area contributed by atoms with Crippen molar-refractivity contribution in [1.29, 1.82) is 0 Å². The highest BCUT2D eigenvalue weighted by Gasteiger charge is 2.26. The summed E-state index contributed by atoms with van der Waals surface area (Å²) in [7, 11) is 0. The average Bonchev–Trinajstić information content (AvgIpc) is 2.36. The van der Waals surface area contributed by atoms with Crippen molar-refractivity contribution in [3.8, 4) is 0 Å². The predicted octanol–water partition coefficient (Wildman–Crippen LogP) is 2.30. The van der Waals surface area contributed by atoms with E-state index in [1.165, 1.54) is 6.92 Å². The van der Waals surface area contributed by atoms with E-state index in [9.17, 15) is 9.59 Å². The van der Waals surface area contributed by atoms with Gasteiger partial charge in [0, 0.05) is 24.2 Å². The molecule has 18 heavy (non-hydrogen) atoms. The first-order chi connectivity index (χ1) is 8.34. The lowest BCUT2D eigenvalue weighted by atomic mass is 9.86. The molecule has 4 nitrogen and oxygen atoms in total. The van der Waals surface area contributed by atoms with Gasteiger partial charge in [0.05, 0.1) is 0 Å². The van der Waals surface area contributed by atoms with E-state index >= 15 is 0 Å². The number of likely N-dealkylation sites (tertiary alicyclic amines) is 1. The van der Waals surface area contributed by atoms with E-state index in [1.807, 2.05) is 0 Å². The Morgan fingerprint density at radius 1 is 1.11 bits per heavy atom. The molecule has 0 aromatic rings. The first-order valence-corrected chi connectivity index (χ1v) is 6.54. The number of hydrogen-bond acceptors (Lipinski definition) is 2. The van der Waals surface area contributed by atoms with E-state index in [1.54, 1.807) is 11.8 Å². The maximum Gasteiger partial charge on any atom is 0.331 e. The fourth-order valence-corrected chi connectivity index (χ4v) is 2.33. The van der Waals surface area contributed by atoms with Crippen LogP contribution in [0.3, 0.4) is 0 Å². The van der Waals surface area contributed by atoms with Crippen molar-refractivity contribution in [2.24, 2.45) is 11.8 Å². The number of piperidine rings is 1. The summed E-state index contributed by atoms with van der Waals surface area (Å²) >= 11 is 0. The Labute approximate surface area is 109 Å². The van der Waals surface area contributed by atoms with Crippen LogP contribution in [0.1, 0.15) is 40.5 Å². The van der Waals surface area contributed by atoms with E-state index in [2.05, 4.69) is 13.8 Å². The Morgan fingerprint density at radius 3 is 2.00 bits per heavy atom. The molecule has 0 aliphatic carbocycles. The Balaban J connectivity index is 2.66. The molecule has 1 amide bonds. The van der Waals surface area contributed by atoms with Crippen LogP contribution in [-0.2, 0) is 9.59 Å². The first kappa shape index (κ1) is 14.7. The van der Waals surface area contributed by atoms with Crippen LogP contribution in [-0.4, -0.2) is 35.0 Å². The molecule has 1 aliphatic heterocycles. The van der Waals surface area contributed by atoms with Crippen molar-refractivity contribution in [2.75, 3.05) is 13.1 Å². The number of amides is 1. The molecule has 1 rings (SSSR count). The number of carboxylic acid groups (broad SMARTS) is 1. The van der Waals surface area contributed by atoms with E-state index in [-0.39, 0.29) is 11.5 Å². The van der Waals surface area contributed by atoms with Crippen LogP contribution in [0.25, 0.3) is 0 Å². The van der Waals surface area contributed by atoms with Gasteiger partial charge in [0.2, 0.25) is 5.91 Å². The molecule has 0 spiro atoms. The summed E-state index contributed by atoms with van der Waals surface area (Å²) in [5.41, 5.74) is 0.497. The standard InChI is InChI=1S/C14H23NO3/c1-9(2)12-5-7-15(8-6-12)13(16)10(3)11(4)14(17)18/h9,12H,5-8H2,1-4H3,(H,17,18). The van der Waals surface area contributed by atoms with E-state index in [0.717, 1.165) is 25.9 Å². The Morgan fingerprint density at radius 2 is 1.61 bits per heavy atom. The molecular formula is C14H23NO3. The molecule has 0 atom stereocenters. The van der Waals surface area contributed by atoms with Crippen LogP contribution in [0.15, 0.2) is 11.1 Å². The second-order valence-electron chi connectivity index (χ2n) is 5.43. The molecule has 1 saturated heterocycles. The predicted molar refractivity (Wildman–Crippen MR) is 70.2 cm³/mol. The SMILES string of the molecule is CC(C(=O)O)=C(C)C(=O)N1CCC(C(C)C)CC1. The van der Waals surface area contributed by atoms with Crippen LogP contribution in [0.2, 0.25) is 0 Å². The van der Waals surface area contributed by atoms with Gasteiger partial charge in [-0.2, -0.15) is 0 Å². The highest BCUT2D eigenvalue weighted by atomic mass is 16.4. The molecule has 0 saturated carbocycles. The lowest BCUT2D eigenvalue weighted by molar-refractivity contribution is -0.134. The minimum atomic E-state index is -1.02. The number of carbonyl (C=O) groups is 2. The molecule has 4 heteroatoms. The number of aliphatic carboxylic acids is 1. The van der Waals surface area contributed by atoms with E-state index in [0.29, 0.717) is 17.4 Å². The summed E-state index contributed by atoms with van der Waals surface area (Å²) in [6.45, 7) is 8.98. The summed E-state index contributed by atoms with van der Waals surface area (Å²) in [6, 6.07) is 0. The normalized spacial score (nSPS) is 18.8. The lowest BCUT2D eigenvalue weighted by Gasteiger charge is -2.34. The molecular weight excluding hydrogens is 230 g/mol. The Hall–Kier alpha value is -1.32. The molecule has 0 radical (unpaired) electrons. The maximum absolute atomic E-state index is 12.1. The zero-order valence-electron chi connectivity index (χ0n) is 11.7. The largest absolute Gasteiger partial charge is 0.478 e. The zero-order valence-corrected chi connectivity index (χ0v) is 11.7. The second-order valence-corrected chi connectivity index (χ2v) is 5.43. The second kappa shape index (κ2) is 6.03. The molecule has 102 valence electrons. The molecule has 1 fully saturated rings. The van der Waals surface area contributed by atoms with Crippen LogP contribution >= 0.6 is 0 Å². The van der Waals surface area contributed by atoms with Gasteiger partial charge in [-0.1, -0.05) is 13.8 Å². The van der Waals surface area contributed by atoms with Crippen molar-refractivity contribution < 1.29 is 14.7 Å². The summed E-state index contributed by atoms with van der Waals surface area (Å²) in [4.78, 5) is 24.7. The van der Waals surface area contributed by atoms with Gasteiger partial charge in [-0.05, 0) is 38.5 Å². The third kappa shape index (κ3) is 3.34. The van der Waals surface area contributed by atoms with Gasteiger partial charge in [-0.3, -0.25) is 4.79 Å². The van der Waals surface area contributed by atoms with Crippen molar-refractivity contribution >= 4 is 11.9 Å². The first-order valence-electron chi connectivity index (χ1n) is 6.54. The third-order valence-corrected chi connectivity index (χ3v) is 3.97. The lowest BCUT2D eigenvalue weighted by Crippen LogP contribution is -2.40. The van der Waals surface area contributed by atoms with Crippen molar-refractivity contribution in [2.45, 2.75) is 40.5 Å². The van der Waals surface area contributed by atoms with Crippen LogP contribution in [0.4, 0.5) is 0 Å². The van der Waals surface area contributed by atoms with Gasteiger partial charge in [-0.15, -0.1) is 0 Å². The molecule has 0 aromatic carbocycles. The molecule has 0 aromatic heterocycles. The smallest absolute Gasteiger partial charge is 0.331 e. The van der Waals surface area contributed by atoms with Gasteiger partial charge < -0.3 is 10.0 Å². The highest BCUT2D eigenvalue weighted by Crippen LogP contribution is 2.25. The van der Waals surface area contributed by atoms with Crippen LogP contribution in [0, 0.1) is 11.8 Å². The van der Waals surface area contributed by atoms with Gasteiger partial charge in [-0.25, -0.2) is 4.79 Å². The number of carboxylic acids is 1. The fraction of sp³-hybridized carbons (Fsp3) is 0.714. The summed E-state index contributed by atoms with van der Waals surface area (Å²) in [5, 5.41) is 8.89. The third-order valence-electron chi connectivity index (χ3n) is 3.97. The molecule has 1 N–H and O–H groups in total. The van der Waals surface area contributed by atoms with Gasteiger partial charge in [0.25, 0.3) is 0 Å². The number of rotatable bonds is 3. The van der Waals surface area contributed by atoms with Crippen LogP contribution < -0.4 is 0 Å². The van der Waals surface area contributed by atoms with Gasteiger partial charge >= 0.3 is 5.97 Å². The average molecular weight is 253 g/mol. The Bertz CT molecular complexity index is 363. The molecule has 1 heterocycles. The number of nitrogens with zero attached hydrogens (tertiary/aromatic N) is 1. The minimum absolute atomic E-state index is 0.128. The van der Waals surface area contributed by atoms with E-state index < -0.39 is 5.97 Å². The van der Waals surface area contributed by atoms with Crippen molar-refractivity contribution in [3.63, 3.8) is 0 Å². The highest BCUT2D eigenvalue weighted by molar-refractivity contribution is 6.01. The summed E-state index contributed by atoms with van der Waals surface area (Å²) < 4.78 is 0. The molecule has 0 unspecified atom stereocenters. The van der Waals surface area contributed by atoms with Gasteiger partial charge in [0.1, 0.15) is 0 Å². The zero-order chi connectivity index (χ0) is 13.9. The molecule has 1 aliphatic rings. The monoisotopic (exact) mass is 253 g/mol. The van der Waals surface area contributed by atoms with Crippen LogP contribution in [0.5, 0.6) is 0 Å². The number of carbonyl (C=O) groups excluding carboxylic acids is 1. The van der Waals surface area contributed by atoms with E-state index in [4.69, 9.17) is 5.11 Å². The minimum Gasteiger partial charge on any atom is -0.478 e. The van der Waals surface area contributed by atoms with Gasteiger partial charge in [0.15, 0.2) is 0 Å². The van der Waals surface area contributed by atoms with Crippen molar-refractivity contribution in [3.05, 3.63) is 11.1 Å². The maximum atomic E-state index is 12.1. The summed E-state index contributed by atoms with van der Waals surface area (Å²) in [5.74, 6) is 0.188. The fourth-order valence-electron chi connectivity index (χ4n) is 2.33. The van der Waals surface area contributed by atoms with Crippen molar-refractivity contribution in [1.82, 2.24) is 4.90 Å². The quantitative estimate of drug-likeness (QED) is 0.785.